The first kappa shape index (κ1) is 19.9. The third-order valence-electron chi connectivity index (χ3n) is 3.84. The molecule has 29 heavy (non-hydrogen) atoms. The summed E-state index contributed by atoms with van der Waals surface area (Å²) < 4.78 is 18.4. The Balaban J connectivity index is 1.85. The molecule has 3 aromatic rings. The molecule has 148 valence electrons. The number of benzene rings is 2. The van der Waals surface area contributed by atoms with Crippen LogP contribution >= 0.6 is 0 Å². The largest absolute Gasteiger partial charge is 0.462 e. The van der Waals surface area contributed by atoms with Crippen LogP contribution in [-0.2, 0) is 4.74 Å². The SMILES string of the molecule is CCOC(=O)c1ccccc1Nc1nc(C)cc(C(=O)Nc2cccc(F)c2)n1. The van der Waals surface area contributed by atoms with Crippen molar-refractivity contribution in [3.63, 3.8) is 0 Å². The number of anilines is 3. The summed E-state index contributed by atoms with van der Waals surface area (Å²) in [5.74, 6) is -1.30. The maximum absolute atomic E-state index is 13.3. The Morgan fingerprint density at radius 2 is 1.86 bits per heavy atom. The number of ether oxygens (including phenoxy) is 1. The van der Waals surface area contributed by atoms with Gasteiger partial charge in [0.1, 0.15) is 11.5 Å². The minimum absolute atomic E-state index is 0.0953. The zero-order valence-corrected chi connectivity index (χ0v) is 15.9. The number of aryl methyl sites for hydroxylation is 1. The fraction of sp³-hybridized carbons (Fsp3) is 0.143. The van der Waals surface area contributed by atoms with E-state index in [2.05, 4.69) is 20.6 Å². The molecule has 7 nitrogen and oxygen atoms in total. The molecule has 1 aromatic heterocycles. The van der Waals surface area contributed by atoms with Crippen LogP contribution in [0, 0.1) is 12.7 Å². The van der Waals surface area contributed by atoms with Crippen molar-refractivity contribution < 1.29 is 18.7 Å². The second kappa shape index (κ2) is 8.92. The summed E-state index contributed by atoms with van der Waals surface area (Å²) in [4.78, 5) is 33.1. The Morgan fingerprint density at radius 3 is 2.62 bits per heavy atom. The van der Waals surface area contributed by atoms with E-state index in [0.29, 0.717) is 22.6 Å². The molecule has 0 unspecified atom stereocenters. The van der Waals surface area contributed by atoms with Crippen molar-refractivity contribution in [3.8, 4) is 0 Å². The molecule has 1 heterocycles. The van der Waals surface area contributed by atoms with Gasteiger partial charge in [-0.2, -0.15) is 0 Å². The molecule has 0 saturated heterocycles. The Kier molecular flexibility index (Phi) is 6.13. The van der Waals surface area contributed by atoms with Gasteiger partial charge in [0, 0.05) is 11.4 Å². The van der Waals surface area contributed by atoms with E-state index in [0.717, 1.165) is 0 Å². The molecule has 0 aliphatic carbocycles. The average Bonchev–Trinajstić information content (AvgIpc) is 2.68. The number of carbonyl (C=O) groups is 2. The van der Waals surface area contributed by atoms with Crippen LogP contribution in [0.3, 0.4) is 0 Å². The number of amides is 1. The van der Waals surface area contributed by atoms with Crippen LogP contribution in [0.4, 0.5) is 21.7 Å². The number of nitrogens with zero attached hydrogens (tertiary/aromatic N) is 2. The molecule has 2 N–H and O–H groups in total. The maximum Gasteiger partial charge on any atom is 0.340 e. The zero-order chi connectivity index (χ0) is 20.8. The quantitative estimate of drug-likeness (QED) is 0.612. The third kappa shape index (κ3) is 5.13. The Hall–Kier alpha value is -3.81. The topological polar surface area (TPSA) is 93.2 Å². The molecule has 0 aliphatic rings. The van der Waals surface area contributed by atoms with Crippen molar-refractivity contribution in [2.24, 2.45) is 0 Å². The highest BCUT2D eigenvalue weighted by Crippen LogP contribution is 2.20. The lowest BCUT2D eigenvalue weighted by Gasteiger charge is -2.12. The van der Waals surface area contributed by atoms with Gasteiger partial charge in [-0.25, -0.2) is 19.2 Å². The van der Waals surface area contributed by atoms with Crippen molar-refractivity contribution >= 4 is 29.2 Å². The van der Waals surface area contributed by atoms with E-state index in [4.69, 9.17) is 4.74 Å². The van der Waals surface area contributed by atoms with E-state index in [1.54, 1.807) is 44.2 Å². The number of nitrogens with one attached hydrogen (secondary N) is 2. The Morgan fingerprint density at radius 1 is 1.07 bits per heavy atom. The highest BCUT2D eigenvalue weighted by atomic mass is 19.1. The summed E-state index contributed by atoms with van der Waals surface area (Å²) in [7, 11) is 0. The Labute approximate surface area is 167 Å². The third-order valence-corrected chi connectivity index (χ3v) is 3.84. The number of rotatable bonds is 6. The van der Waals surface area contributed by atoms with Crippen LogP contribution in [0.5, 0.6) is 0 Å². The molecule has 0 saturated carbocycles. The van der Waals surface area contributed by atoms with Gasteiger partial charge in [0.25, 0.3) is 5.91 Å². The van der Waals surface area contributed by atoms with Gasteiger partial charge in [0.05, 0.1) is 17.9 Å². The molecule has 0 fully saturated rings. The summed E-state index contributed by atoms with van der Waals surface area (Å²) in [6, 6.07) is 13.8. The van der Waals surface area contributed by atoms with Gasteiger partial charge in [-0.1, -0.05) is 18.2 Å². The smallest absolute Gasteiger partial charge is 0.340 e. The van der Waals surface area contributed by atoms with Gasteiger partial charge in [0.15, 0.2) is 0 Å². The molecule has 0 atom stereocenters. The minimum Gasteiger partial charge on any atom is -0.462 e. The van der Waals surface area contributed by atoms with E-state index in [9.17, 15) is 14.0 Å². The molecule has 3 rings (SSSR count). The molecule has 0 spiro atoms. The number of carbonyl (C=O) groups excluding carboxylic acids is 2. The first-order valence-electron chi connectivity index (χ1n) is 8.92. The van der Waals surface area contributed by atoms with Crippen LogP contribution in [0.25, 0.3) is 0 Å². The monoisotopic (exact) mass is 394 g/mol. The number of esters is 1. The van der Waals surface area contributed by atoms with Crippen LogP contribution in [0.15, 0.2) is 54.6 Å². The molecular weight excluding hydrogens is 375 g/mol. The number of hydrogen-bond acceptors (Lipinski definition) is 6. The zero-order valence-electron chi connectivity index (χ0n) is 15.9. The van der Waals surface area contributed by atoms with Crippen molar-refractivity contribution in [2.75, 3.05) is 17.2 Å². The summed E-state index contributed by atoms with van der Waals surface area (Å²) in [5.41, 5.74) is 1.73. The van der Waals surface area contributed by atoms with Crippen molar-refractivity contribution in [2.45, 2.75) is 13.8 Å². The van der Waals surface area contributed by atoms with Crippen LogP contribution in [-0.4, -0.2) is 28.5 Å². The number of aromatic nitrogens is 2. The van der Waals surface area contributed by atoms with Gasteiger partial charge < -0.3 is 15.4 Å². The number of hydrogen-bond donors (Lipinski definition) is 2. The van der Waals surface area contributed by atoms with Crippen molar-refractivity contribution in [1.82, 2.24) is 9.97 Å². The van der Waals surface area contributed by atoms with Crippen molar-refractivity contribution in [1.29, 1.82) is 0 Å². The van der Waals surface area contributed by atoms with Gasteiger partial charge in [-0.3, -0.25) is 4.79 Å². The predicted octanol–water partition coefficient (Wildman–Crippen LogP) is 4.10. The summed E-state index contributed by atoms with van der Waals surface area (Å²) in [6.45, 7) is 3.68. The van der Waals surface area contributed by atoms with Gasteiger partial charge in [-0.05, 0) is 50.2 Å². The van der Waals surface area contributed by atoms with E-state index in [1.807, 2.05) is 0 Å². The normalized spacial score (nSPS) is 10.3. The number of para-hydroxylation sites is 1. The fourth-order valence-electron chi connectivity index (χ4n) is 2.60. The second-order valence-corrected chi connectivity index (χ2v) is 6.07. The van der Waals surface area contributed by atoms with Crippen LogP contribution in [0.2, 0.25) is 0 Å². The molecule has 0 aliphatic heterocycles. The van der Waals surface area contributed by atoms with E-state index >= 15 is 0 Å². The van der Waals surface area contributed by atoms with Gasteiger partial charge >= 0.3 is 5.97 Å². The van der Waals surface area contributed by atoms with Gasteiger partial charge in [-0.15, -0.1) is 0 Å². The Bertz CT molecular complexity index is 1060. The fourth-order valence-corrected chi connectivity index (χ4v) is 2.60. The van der Waals surface area contributed by atoms with E-state index in [1.165, 1.54) is 24.3 Å². The highest BCUT2D eigenvalue weighted by molar-refractivity contribution is 6.03. The molecule has 8 heteroatoms. The standard InChI is InChI=1S/C21H19FN4O3/c1-3-29-20(28)16-9-4-5-10-17(16)25-21-23-13(2)11-18(26-21)19(27)24-15-8-6-7-14(22)12-15/h4-12H,3H2,1-2H3,(H,24,27)(H,23,25,26). The van der Waals surface area contributed by atoms with Crippen LogP contribution < -0.4 is 10.6 Å². The lowest BCUT2D eigenvalue weighted by Crippen LogP contribution is -2.16. The summed E-state index contributed by atoms with van der Waals surface area (Å²) in [6.07, 6.45) is 0. The van der Waals surface area contributed by atoms with E-state index in [-0.39, 0.29) is 18.2 Å². The van der Waals surface area contributed by atoms with Crippen LogP contribution in [0.1, 0.15) is 33.5 Å². The summed E-state index contributed by atoms with van der Waals surface area (Å²) >= 11 is 0. The first-order chi connectivity index (χ1) is 14.0. The lowest BCUT2D eigenvalue weighted by molar-refractivity contribution is 0.0527. The molecule has 0 radical (unpaired) electrons. The first-order valence-corrected chi connectivity index (χ1v) is 8.92. The minimum atomic E-state index is -0.511. The number of halogens is 1. The van der Waals surface area contributed by atoms with E-state index < -0.39 is 17.7 Å². The van der Waals surface area contributed by atoms with Gasteiger partial charge in [0.2, 0.25) is 5.95 Å². The molecule has 0 bridgehead atoms. The lowest BCUT2D eigenvalue weighted by atomic mass is 10.2. The molecule has 2 aromatic carbocycles. The second-order valence-electron chi connectivity index (χ2n) is 6.07. The highest BCUT2D eigenvalue weighted by Gasteiger charge is 2.15. The predicted molar refractivity (Wildman–Crippen MR) is 107 cm³/mol. The molecule has 1 amide bonds. The maximum atomic E-state index is 13.3. The average molecular weight is 394 g/mol. The van der Waals surface area contributed by atoms with Crippen molar-refractivity contribution in [3.05, 3.63) is 77.4 Å². The summed E-state index contributed by atoms with van der Waals surface area (Å²) in [5, 5.41) is 5.55. The molecular formula is C21H19FN4O3.